The van der Waals surface area contributed by atoms with Crippen molar-refractivity contribution in [3.63, 3.8) is 0 Å². The summed E-state index contributed by atoms with van der Waals surface area (Å²) < 4.78 is 5.35. The van der Waals surface area contributed by atoms with Crippen molar-refractivity contribution < 1.29 is 9.84 Å². The lowest BCUT2D eigenvalue weighted by molar-refractivity contribution is 0.174. The topological polar surface area (TPSA) is 29.5 Å². The number of benzene rings is 1. The van der Waals surface area contributed by atoms with Gasteiger partial charge in [0.25, 0.3) is 0 Å². The Morgan fingerprint density at radius 2 is 1.94 bits per heavy atom. The van der Waals surface area contributed by atoms with Gasteiger partial charge in [0.15, 0.2) is 0 Å². The van der Waals surface area contributed by atoms with Crippen molar-refractivity contribution in [1.29, 1.82) is 0 Å². The van der Waals surface area contributed by atoms with Crippen LogP contribution in [-0.2, 0) is 0 Å². The lowest BCUT2D eigenvalue weighted by atomic mass is 9.94. The molecule has 1 N–H and O–H groups in total. The highest BCUT2D eigenvalue weighted by Crippen LogP contribution is 2.32. The fourth-order valence-corrected chi connectivity index (χ4v) is 2.27. The van der Waals surface area contributed by atoms with E-state index in [1.807, 2.05) is 26.8 Å². The Hall–Kier alpha value is -0.670. The molecule has 0 amide bonds. The fourth-order valence-electron chi connectivity index (χ4n) is 2.03. The lowest BCUT2D eigenvalue weighted by Crippen LogP contribution is -2.05. The first-order chi connectivity index (χ1) is 7.52. The van der Waals surface area contributed by atoms with Crippen molar-refractivity contribution in [3.8, 4) is 5.75 Å². The summed E-state index contributed by atoms with van der Waals surface area (Å²) in [7, 11) is 1.68. The van der Waals surface area contributed by atoms with E-state index < -0.39 is 6.10 Å². The molecule has 1 aromatic rings. The molecule has 0 saturated heterocycles. The Morgan fingerprint density at radius 1 is 1.31 bits per heavy atom. The first-order valence-corrected chi connectivity index (χ1v) is 6.09. The standard InChI is InChI=1S/C13H20O2S/c1-8-7-11(12(14)5-6-16)9(2)10(3)13(8)15-4/h7,12,14,16H,5-6H2,1-4H3. The van der Waals surface area contributed by atoms with E-state index in [9.17, 15) is 5.11 Å². The molecule has 1 atom stereocenters. The maximum absolute atomic E-state index is 10.0. The molecule has 0 aromatic heterocycles. The number of methoxy groups -OCH3 is 1. The number of aliphatic hydroxyl groups excluding tert-OH is 1. The van der Waals surface area contributed by atoms with Gasteiger partial charge >= 0.3 is 0 Å². The van der Waals surface area contributed by atoms with Crippen LogP contribution in [0.25, 0.3) is 0 Å². The molecule has 0 aliphatic heterocycles. The third kappa shape index (κ3) is 2.53. The average molecular weight is 240 g/mol. The zero-order valence-corrected chi connectivity index (χ0v) is 11.3. The number of hydrogen-bond acceptors (Lipinski definition) is 3. The van der Waals surface area contributed by atoms with Gasteiger partial charge in [0.05, 0.1) is 13.2 Å². The molecule has 0 spiro atoms. The number of thiol groups is 1. The minimum atomic E-state index is -0.430. The van der Waals surface area contributed by atoms with Gasteiger partial charge in [0, 0.05) is 0 Å². The Labute approximate surface area is 103 Å². The van der Waals surface area contributed by atoms with E-state index in [0.29, 0.717) is 12.2 Å². The molecule has 1 rings (SSSR count). The maximum atomic E-state index is 10.0. The molecule has 0 bridgehead atoms. The van der Waals surface area contributed by atoms with Gasteiger partial charge in [-0.25, -0.2) is 0 Å². The van der Waals surface area contributed by atoms with Crippen LogP contribution in [0.5, 0.6) is 5.75 Å². The van der Waals surface area contributed by atoms with Crippen LogP contribution in [0, 0.1) is 20.8 Å². The van der Waals surface area contributed by atoms with Crippen molar-refractivity contribution in [2.75, 3.05) is 12.9 Å². The number of rotatable bonds is 4. The van der Waals surface area contributed by atoms with Crippen LogP contribution in [0.4, 0.5) is 0 Å². The predicted molar refractivity (Wildman–Crippen MR) is 70.6 cm³/mol. The second-order valence-corrected chi connectivity index (χ2v) is 4.54. The highest BCUT2D eigenvalue weighted by atomic mass is 32.1. The van der Waals surface area contributed by atoms with Crippen LogP contribution in [0.1, 0.15) is 34.8 Å². The van der Waals surface area contributed by atoms with Gasteiger partial charge in [0.1, 0.15) is 5.75 Å². The molecule has 16 heavy (non-hydrogen) atoms. The highest BCUT2D eigenvalue weighted by molar-refractivity contribution is 7.80. The van der Waals surface area contributed by atoms with E-state index >= 15 is 0 Å². The van der Waals surface area contributed by atoms with Crippen molar-refractivity contribution in [1.82, 2.24) is 0 Å². The van der Waals surface area contributed by atoms with Crippen molar-refractivity contribution >= 4 is 12.6 Å². The molecule has 1 aromatic carbocycles. The monoisotopic (exact) mass is 240 g/mol. The van der Waals surface area contributed by atoms with Gasteiger partial charge in [-0.3, -0.25) is 0 Å². The molecule has 0 fully saturated rings. The second kappa shape index (κ2) is 5.60. The molecule has 0 aliphatic rings. The first-order valence-electron chi connectivity index (χ1n) is 5.46. The summed E-state index contributed by atoms with van der Waals surface area (Å²) in [6.07, 6.45) is 0.246. The molecule has 90 valence electrons. The number of ether oxygens (including phenoxy) is 1. The van der Waals surface area contributed by atoms with Crippen LogP contribution in [0.3, 0.4) is 0 Å². The van der Waals surface area contributed by atoms with Crippen molar-refractivity contribution in [2.24, 2.45) is 0 Å². The maximum Gasteiger partial charge on any atom is 0.124 e. The summed E-state index contributed by atoms with van der Waals surface area (Å²) in [6, 6.07) is 2.01. The Balaban J connectivity index is 3.22. The van der Waals surface area contributed by atoms with E-state index in [-0.39, 0.29) is 0 Å². The summed E-state index contributed by atoms with van der Waals surface area (Å²) in [4.78, 5) is 0. The Kier molecular flexibility index (Phi) is 4.69. The van der Waals surface area contributed by atoms with E-state index in [2.05, 4.69) is 12.6 Å². The van der Waals surface area contributed by atoms with Gasteiger partial charge in [0.2, 0.25) is 0 Å². The summed E-state index contributed by atoms with van der Waals surface area (Å²) in [6.45, 7) is 6.05. The van der Waals surface area contributed by atoms with Gasteiger partial charge < -0.3 is 9.84 Å². The summed E-state index contributed by atoms with van der Waals surface area (Å²) in [5.74, 6) is 1.60. The Bertz CT molecular complexity index is 375. The number of hydrogen-bond donors (Lipinski definition) is 2. The SMILES string of the molecule is COc1c(C)cc(C(O)CCS)c(C)c1C. The Morgan fingerprint density at radius 3 is 2.44 bits per heavy atom. The number of aryl methyl sites for hydroxylation is 1. The van der Waals surface area contributed by atoms with Crippen LogP contribution in [0.2, 0.25) is 0 Å². The molecule has 0 radical (unpaired) electrons. The van der Waals surface area contributed by atoms with Gasteiger partial charge in [-0.15, -0.1) is 0 Å². The molecular weight excluding hydrogens is 220 g/mol. The molecule has 0 saturated carbocycles. The zero-order chi connectivity index (χ0) is 12.3. The van der Waals surface area contributed by atoms with Gasteiger partial charge in [-0.05, 0) is 61.3 Å². The fraction of sp³-hybridized carbons (Fsp3) is 0.538. The second-order valence-electron chi connectivity index (χ2n) is 4.09. The van der Waals surface area contributed by atoms with Crippen LogP contribution in [0.15, 0.2) is 6.07 Å². The third-order valence-electron chi connectivity index (χ3n) is 3.03. The summed E-state index contributed by atoms with van der Waals surface area (Å²) in [5, 5.41) is 10.0. The third-order valence-corrected chi connectivity index (χ3v) is 3.29. The normalized spacial score (nSPS) is 12.6. The molecule has 0 heterocycles. The average Bonchev–Trinajstić information content (AvgIpc) is 2.24. The quantitative estimate of drug-likeness (QED) is 0.792. The van der Waals surface area contributed by atoms with E-state index in [1.165, 1.54) is 0 Å². The lowest BCUT2D eigenvalue weighted by Gasteiger charge is -2.19. The predicted octanol–water partition coefficient (Wildman–Crippen LogP) is 2.97. The molecule has 1 unspecified atom stereocenters. The van der Waals surface area contributed by atoms with Crippen LogP contribution >= 0.6 is 12.6 Å². The minimum Gasteiger partial charge on any atom is -0.496 e. The van der Waals surface area contributed by atoms with Crippen molar-refractivity contribution in [3.05, 3.63) is 28.3 Å². The van der Waals surface area contributed by atoms with E-state index in [4.69, 9.17) is 4.74 Å². The summed E-state index contributed by atoms with van der Waals surface area (Å²) in [5.41, 5.74) is 4.27. The van der Waals surface area contributed by atoms with Crippen LogP contribution < -0.4 is 4.74 Å². The van der Waals surface area contributed by atoms with Crippen molar-refractivity contribution in [2.45, 2.75) is 33.3 Å². The molecule has 2 nitrogen and oxygen atoms in total. The minimum absolute atomic E-state index is 0.430. The molecular formula is C13H20O2S. The highest BCUT2D eigenvalue weighted by Gasteiger charge is 2.15. The first kappa shape index (κ1) is 13.4. The largest absolute Gasteiger partial charge is 0.496 e. The zero-order valence-electron chi connectivity index (χ0n) is 10.4. The number of aliphatic hydroxyl groups is 1. The van der Waals surface area contributed by atoms with Crippen LogP contribution in [-0.4, -0.2) is 18.0 Å². The van der Waals surface area contributed by atoms with E-state index in [0.717, 1.165) is 28.0 Å². The smallest absolute Gasteiger partial charge is 0.124 e. The molecule has 0 aliphatic carbocycles. The van der Waals surface area contributed by atoms with E-state index in [1.54, 1.807) is 7.11 Å². The van der Waals surface area contributed by atoms with Gasteiger partial charge in [-0.2, -0.15) is 12.6 Å². The molecule has 3 heteroatoms. The summed E-state index contributed by atoms with van der Waals surface area (Å²) >= 11 is 4.15. The van der Waals surface area contributed by atoms with Gasteiger partial charge in [-0.1, -0.05) is 0 Å².